The molecule has 74 valence electrons. The molecule has 0 radical (unpaired) electrons. The summed E-state index contributed by atoms with van der Waals surface area (Å²) in [6.07, 6.45) is -0.623. The van der Waals surface area contributed by atoms with Crippen LogP contribution in [-0.2, 0) is 4.79 Å². The fourth-order valence-electron chi connectivity index (χ4n) is 1.17. The molecule has 0 amide bonds. The van der Waals surface area contributed by atoms with E-state index in [9.17, 15) is 9.90 Å². The number of carbonyl (C=O) groups excluding carboxylic acids is 1. The van der Waals surface area contributed by atoms with Gasteiger partial charge in [0.2, 0.25) is 0 Å². The van der Waals surface area contributed by atoms with E-state index < -0.39 is 6.10 Å². The second kappa shape index (κ2) is 4.72. The number of aliphatic hydroxyl groups excluding tert-OH is 1. The smallest absolute Gasteiger partial charge is 0.158 e. The third-order valence-electron chi connectivity index (χ3n) is 2.09. The number of carbonyl (C=O) groups is 1. The third kappa shape index (κ3) is 2.82. The molecule has 1 N–H and O–H groups in total. The fourth-order valence-corrected chi connectivity index (χ4v) is 1.17. The molecule has 1 aromatic rings. The summed E-state index contributed by atoms with van der Waals surface area (Å²) in [5, 5.41) is 9.35. The summed E-state index contributed by atoms with van der Waals surface area (Å²) in [5.74, 6) is -0.220. The fraction of sp³-hybridized carbons (Fsp3) is 0.250. The summed E-state index contributed by atoms with van der Waals surface area (Å²) in [5.41, 5.74) is 1.75. The zero-order valence-corrected chi connectivity index (χ0v) is 8.23. The first-order chi connectivity index (χ1) is 6.61. The number of ketones is 1. The molecule has 0 aromatic heterocycles. The third-order valence-corrected chi connectivity index (χ3v) is 2.09. The van der Waals surface area contributed by atoms with E-state index in [1.807, 2.05) is 30.3 Å². The molecule has 0 spiro atoms. The minimum absolute atomic E-state index is 0.220. The monoisotopic (exact) mass is 190 g/mol. The Morgan fingerprint density at radius 1 is 1.43 bits per heavy atom. The SMILES string of the molecule is C=C(CC(O)C(C)=O)c1ccccc1. The maximum Gasteiger partial charge on any atom is 0.158 e. The van der Waals surface area contributed by atoms with Crippen molar-refractivity contribution in [1.29, 1.82) is 0 Å². The van der Waals surface area contributed by atoms with Gasteiger partial charge in [0.25, 0.3) is 0 Å². The maximum absolute atomic E-state index is 10.8. The van der Waals surface area contributed by atoms with Gasteiger partial charge in [-0.1, -0.05) is 36.9 Å². The first-order valence-electron chi connectivity index (χ1n) is 4.53. The minimum Gasteiger partial charge on any atom is -0.385 e. The van der Waals surface area contributed by atoms with Crippen molar-refractivity contribution in [2.45, 2.75) is 19.4 Å². The molecule has 0 aliphatic carbocycles. The lowest BCUT2D eigenvalue weighted by Crippen LogP contribution is -2.16. The summed E-state index contributed by atoms with van der Waals surface area (Å²) in [4.78, 5) is 10.8. The van der Waals surface area contributed by atoms with Gasteiger partial charge in [0, 0.05) is 6.42 Å². The molecule has 2 nitrogen and oxygen atoms in total. The topological polar surface area (TPSA) is 37.3 Å². The average molecular weight is 190 g/mol. The number of hydrogen-bond acceptors (Lipinski definition) is 2. The highest BCUT2D eigenvalue weighted by Gasteiger charge is 2.11. The van der Waals surface area contributed by atoms with Crippen LogP contribution >= 0.6 is 0 Å². The van der Waals surface area contributed by atoms with E-state index in [2.05, 4.69) is 6.58 Å². The Balaban J connectivity index is 2.64. The number of rotatable bonds is 4. The van der Waals surface area contributed by atoms with Gasteiger partial charge in [-0.05, 0) is 18.1 Å². The molecule has 0 bridgehead atoms. The van der Waals surface area contributed by atoms with Gasteiger partial charge in [-0.25, -0.2) is 0 Å². The number of hydrogen-bond donors (Lipinski definition) is 1. The molecule has 1 unspecified atom stereocenters. The molecule has 0 heterocycles. The Labute approximate surface area is 83.9 Å². The van der Waals surface area contributed by atoms with E-state index >= 15 is 0 Å². The summed E-state index contributed by atoms with van der Waals surface area (Å²) in [6.45, 7) is 5.21. The number of benzene rings is 1. The summed E-state index contributed by atoms with van der Waals surface area (Å²) in [6, 6.07) is 9.55. The molecular weight excluding hydrogens is 176 g/mol. The van der Waals surface area contributed by atoms with Crippen LogP contribution in [-0.4, -0.2) is 17.0 Å². The zero-order valence-electron chi connectivity index (χ0n) is 8.23. The zero-order chi connectivity index (χ0) is 10.6. The highest BCUT2D eigenvalue weighted by molar-refractivity contribution is 5.82. The van der Waals surface area contributed by atoms with E-state index in [1.165, 1.54) is 6.92 Å². The molecule has 1 aromatic carbocycles. The Hall–Kier alpha value is -1.41. The van der Waals surface area contributed by atoms with Gasteiger partial charge >= 0.3 is 0 Å². The van der Waals surface area contributed by atoms with Gasteiger partial charge in [-0.2, -0.15) is 0 Å². The van der Waals surface area contributed by atoms with Gasteiger partial charge in [0.1, 0.15) is 6.10 Å². The van der Waals surface area contributed by atoms with E-state index in [0.29, 0.717) is 6.42 Å². The van der Waals surface area contributed by atoms with Gasteiger partial charge < -0.3 is 5.11 Å². The molecule has 1 atom stereocenters. The first-order valence-corrected chi connectivity index (χ1v) is 4.53. The normalized spacial score (nSPS) is 12.1. The molecular formula is C12H14O2. The minimum atomic E-state index is -0.928. The van der Waals surface area contributed by atoms with Crippen LogP contribution in [0.15, 0.2) is 36.9 Å². The highest BCUT2D eigenvalue weighted by Crippen LogP contribution is 2.17. The summed E-state index contributed by atoms with van der Waals surface area (Å²) in [7, 11) is 0. The Bertz CT molecular complexity index is 327. The Morgan fingerprint density at radius 3 is 2.50 bits per heavy atom. The highest BCUT2D eigenvalue weighted by atomic mass is 16.3. The van der Waals surface area contributed by atoms with Crippen molar-refractivity contribution in [2.24, 2.45) is 0 Å². The van der Waals surface area contributed by atoms with E-state index in [4.69, 9.17) is 0 Å². The molecule has 0 fully saturated rings. The molecule has 0 aliphatic rings. The van der Waals surface area contributed by atoms with Crippen molar-refractivity contribution >= 4 is 11.4 Å². The van der Waals surface area contributed by atoms with Crippen molar-refractivity contribution in [2.75, 3.05) is 0 Å². The lowest BCUT2D eigenvalue weighted by atomic mass is 10.0. The second-order valence-electron chi connectivity index (χ2n) is 3.30. The average Bonchev–Trinajstić information content (AvgIpc) is 2.19. The van der Waals surface area contributed by atoms with Crippen LogP contribution in [0.5, 0.6) is 0 Å². The molecule has 0 aliphatic heterocycles. The lowest BCUT2D eigenvalue weighted by molar-refractivity contribution is -0.124. The van der Waals surface area contributed by atoms with Crippen LogP contribution in [0.3, 0.4) is 0 Å². The first kappa shape index (κ1) is 10.7. The predicted molar refractivity (Wildman–Crippen MR) is 56.8 cm³/mol. The largest absolute Gasteiger partial charge is 0.385 e. The van der Waals surface area contributed by atoms with Crippen molar-refractivity contribution in [3.63, 3.8) is 0 Å². The maximum atomic E-state index is 10.8. The molecule has 0 saturated carbocycles. The van der Waals surface area contributed by atoms with E-state index in [1.54, 1.807) is 0 Å². The van der Waals surface area contributed by atoms with E-state index in [-0.39, 0.29) is 5.78 Å². The van der Waals surface area contributed by atoms with Gasteiger partial charge in [-0.15, -0.1) is 0 Å². The second-order valence-corrected chi connectivity index (χ2v) is 3.30. The summed E-state index contributed by atoms with van der Waals surface area (Å²) >= 11 is 0. The van der Waals surface area contributed by atoms with Crippen LogP contribution in [0.1, 0.15) is 18.9 Å². The Morgan fingerprint density at radius 2 is 2.00 bits per heavy atom. The lowest BCUT2D eigenvalue weighted by Gasteiger charge is -2.09. The van der Waals surface area contributed by atoms with Crippen LogP contribution in [0.2, 0.25) is 0 Å². The molecule has 1 rings (SSSR count). The standard InChI is InChI=1S/C12H14O2/c1-9(8-12(14)10(2)13)11-6-4-3-5-7-11/h3-7,12,14H,1,8H2,2H3. The quantitative estimate of drug-likeness (QED) is 0.788. The van der Waals surface area contributed by atoms with Gasteiger partial charge in [0.15, 0.2) is 5.78 Å². The molecule has 2 heteroatoms. The molecule has 0 saturated heterocycles. The summed E-state index contributed by atoms with van der Waals surface area (Å²) < 4.78 is 0. The van der Waals surface area contributed by atoms with Crippen molar-refractivity contribution in [1.82, 2.24) is 0 Å². The van der Waals surface area contributed by atoms with Crippen LogP contribution in [0.4, 0.5) is 0 Å². The van der Waals surface area contributed by atoms with Crippen molar-refractivity contribution < 1.29 is 9.90 Å². The van der Waals surface area contributed by atoms with Crippen LogP contribution < -0.4 is 0 Å². The van der Waals surface area contributed by atoms with Crippen LogP contribution in [0, 0.1) is 0 Å². The van der Waals surface area contributed by atoms with Gasteiger partial charge in [-0.3, -0.25) is 4.79 Å². The predicted octanol–water partition coefficient (Wildman–Crippen LogP) is 2.04. The number of Topliss-reactive ketones (excluding diaryl/α,β-unsaturated/α-hetero) is 1. The van der Waals surface area contributed by atoms with Crippen molar-refractivity contribution in [3.05, 3.63) is 42.5 Å². The van der Waals surface area contributed by atoms with Gasteiger partial charge in [0.05, 0.1) is 0 Å². The van der Waals surface area contributed by atoms with Crippen molar-refractivity contribution in [3.8, 4) is 0 Å². The Kier molecular flexibility index (Phi) is 3.60. The molecule has 14 heavy (non-hydrogen) atoms. The van der Waals surface area contributed by atoms with E-state index in [0.717, 1.165) is 11.1 Å². The number of aliphatic hydroxyl groups is 1. The van der Waals surface area contributed by atoms with Crippen LogP contribution in [0.25, 0.3) is 5.57 Å².